The molecule has 2 aliphatic heterocycles. The lowest BCUT2D eigenvalue weighted by Gasteiger charge is -2.36. The molecule has 7 nitrogen and oxygen atoms in total. The van der Waals surface area contributed by atoms with Gasteiger partial charge in [-0.3, -0.25) is 14.5 Å². The molecular weight excluding hydrogens is 406 g/mol. The summed E-state index contributed by atoms with van der Waals surface area (Å²) in [7, 11) is 3.15. The number of rotatable bonds is 6. The molecular formula is C25H31N3O4. The van der Waals surface area contributed by atoms with E-state index >= 15 is 0 Å². The molecule has 2 aliphatic rings. The number of carbonyl (C=O) groups is 2. The van der Waals surface area contributed by atoms with Gasteiger partial charge in [-0.25, -0.2) is 0 Å². The number of methoxy groups -OCH3 is 2. The van der Waals surface area contributed by atoms with Crippen LogP contribution in [0.25, 0.3) is 0 Å². The monoisotopic (exact) mass is 437 g/mol. The fourth-order valence-corrected chi connectivity index (χ4v) is 4.53. The molecule has 1 unspecified atom stereocenters. The zero-order valence-corrected chi connectivity index (χ0v) is 19.0. The quantitative estimate of drug-likeness (QED) is 0.696. The number of aryl methyl sites for hydroxylation is 1. The molecule has 32 heavy (non-hydrogen) atoms. The largest absolute Gasteiger partial charge is 0.493 e. The van der Waals surface area contributed by atoms with Crippen LogP contribution in [0.15, 0.2) is 42.5 Å². The summed E-state index contributed by atoms with van der Waals surface area (Å²) < 4.78 is 10.6. The van der Waals surface area contributed by atoms with Gasteiger partial charge in [-0.1, -0.05) is 24.3 Å². The standard InChI is InChI=1S/C25H31N3O4/c1-18-6-4-5-7-19(18)16-26-10-12-27(13-11-26)25(30)20-14-24(29)28(17-20)21-8-9-22(31-2)23(15-21)32-3/h4-9,15,20H,10-14,16-17H2,1-3H3. The number of benzene rings is 2. The molecule has 7 heteroatoms. The second-order valence-corrected chi connectivity index (χ2v) is 8.47. The van der Waals surface area contributed by atoms with Gasteiger partial charge in [-0.15, -0.1) is 0 Å². The van der Waals surface area contributed by atoms with Gasteiger partial charge in [0.15, 0.2) is 11.5 Å². The zero-order valence-electron chi connectivity index (χ0n) is 19.0. The van der Waals surface area contributed by atoms with Gasteiger partial charge in [-0.05, 0) is 30.2 Å². The Morgan fingerprint density at radius 2 is 1.72 bits per heavy atom. The van der Waals surface area contributed by atoms with E-state index in [1.807, 2.05) is 11.0 Å². The van der Waals surface area contributed by atoms with Crippen molar-refractivity contribution in [2.24, 2.45) is 5.92 Å². The molecule has 170 valence electrons. The van der Waals surface area contributed by atoms with Gasteiger partial charge in [0, 0.05) is 57.4 Å². The Morgan fingerprint density at radius 3 is 2.41 bits per heavy atom. The van der Waals surface area contributed by atoms with Crippen LogP contribution in [0.3, 0.4) is 0 Å². The third-order valence-electron chi connectivity index (χ3n) is 6.49. The van der Waals surface area contributed by atoms with Crippen LogP contribution < -0.4 is 14.4 Å². The topological polar surface area (TPSA) is 62.3 Å². The Kier molecular flexibility index (Phi) is 6.65. The lowest BCUT2D eigenvalue weighted by molar-refractivity contribution is -0.137. The fourth-order valence-electron chi connectivity index (χ4n) is 4.53. The van der Waals surface area contributed by atoms with Gasteiger partial charge >= 0.3 is 0 Å². The van der Waals surface area contributed by atoms with Crippen molar-refractivity contribution in [3.63, 3.8) is 0 Å². The Morgan fingerprint density at radius 1 is 1.00 bits per heavy atom. The average Bonchev–Trinajstić information content (AvgIpc) is 3.21. The fraction of sp³-hybridized carbons (Fsp3) is 0.440. The zero-order chi connectivity index (χ0) is 22.7. The average molecular weight is 438 g/mol. The molecule has 0 radical (unpaired) electrons. The van der Waals surface area contributed by atoms with Crippen LogP contribution in [-0.2, 0) is 16.1 Å². The summed E-state index contributed by atoms with van der Waals surface area (Å²) in [6, 6.07) is 13.8. The summed E-state index contributed by atoms with van der Waals surface area (Å²) in [5.41, 5.74) is 3.36. The second-order valence-electron chi connectivity index (χ2n) is 8.47. The third kappa shape index (κ3) is 4.58. The van der Waals surface area contributed by atoms with E-state index in [1.165, 1.54) is 11.1 Å². The van der Waals surface area contributed by atoms with Crippen molar-refractivity contribution in [2.45, 2.75) is 19.9 Å². The Hall–Kier alpha value is -3.06. The third-order valence-corrected chi connectivity index (χ3v) is 6.49. The van der Waals surface area contributed by atoms with Crippen molar-refractivity contribution in [1.82, 2.24) is 9.80 Å². The number of piperazine rings is 1. The summed E-state index contributed by atoms with van der Waals surface area (Å²) in [6.07, 6.45) is 0.247. The summed E-state index contributed by atoms with van der Waals surface area (Å²) in [5.74, 6) is 0.917. The van der Waals surface area contributed by atoms with Crippen molar-refractivity contribution in [2.75, 3.05) is 51.8 Å². The lowest BCUT2D eigenvalue weighted by Crippen LogP contribution is -2.50. The second kappa shape index (κ2) is 9.61. The van der Waals surface area contributed by atoms with Crippen molar-refractivity contribution in [3.05, 3.63) is 53.6 Å². The maximum Gasteiger partial charge on any atom is 0.228 e. The molecule has 2 amide bonds. The van der Waals surface area contributed by atoms with Gasteiger partial charge in [0.05, 0.1) is 20.1 Å². The van der Waals surface area contributed by atoms with E-state index in [0.717, 1.165) is 25.3 Å². The van der Waals surface area contributed by atoms with E-state index in [0.29, 0.717) is 31.1 Å². The van der Waals surface area contributed by atoms with Crippen molar-refractivity contribution >= 4 is 17.5 Å². The number of anilines is 1. The SMILES string of the molecule is COc1ccc(N2CC(C(=O)N3CCN(Cc4ccccc4C)CC3)CC2=O)cc1OC. The van der Waals surface area contributed by atoms with Crippen LogP contribution in [-0.4, -0.2) is 68.6 Å². The highest BCUT2D eigenvalue weighted by molar-refractivity contribution is 6.00. The Balaban J connectivity index is 1.35. The van der Waals surface area contributed by atoms with Crippen LogP contribution in [0.4, 0.5) is 5.69 Å². The summed E-state index contributed by atoms with van der Waals surface area (Å²) in [6.45, 7) is 6.54. The summed E-state index contributed by atoms with van der Waals surface area (Å²) in [5, 5.41) is 0. The van der Waals surface area contributed by atoms with Crippen molar-refractivity contribution in [3.8, 4) is 11.5 Å². The minimum Gasteiger partial charge on any atom is -0.493 e. The van der Waals surface area contributed by atoms with Gasteiger partial charge in [0.25, 0.3) is 0 Å². The van der Waals surface area contributed by atoms with E-state index in [9.17, 15) is 9.59 Å². The van der Waals surface area contributed by atoms with E-state index in [1.54, 1.807) is 31.3 Å². The molecule has 0 aromatic heterocycles. The number of hydrogen-bond acceptors (Lipinski definition) is 5. The molecule has 2 aromatic rings. The normalized spacial score (nSPS) is 19.3. The number of hydrogen-bond donors (Lipinski definition) is 0. The molecule has 0 N–H and O–H groups in total. The molecule has 4 rings (SSSR count). The molecule has 0 aliphatic carbocycles. The van der Waals surface area contributed by atoms with Crippen LogP contribution >= 0.6 is 0 Å². The number of ether oxygens (including phenoxy) is 2. The van der Waals surface area contributed by atoms with Crippen molar-refractivity contribution in [1.29, 1.82) is 0 Å². The molecule has 0 bridgehead atoms. The van der Waals surface area contributed by atoms with E-state index < -0.39 is 0 Å². The van der Waals surface area contributed by atoms with Crippen LogP contribution in [0.5, 0.6) is 11.5 Å². The molecule has 2 saturated heterocycles. The number of amides is 2. The first kappa shape index (κ1) is 22.1. The van der Waals surface area contributed by atoms with Crippen LogP contribution in [0.2, 0.25) is 0 Å². The number of nitrogens with zero attached hydrogens (tertiary/aromatic N) is 3. The minimum absolute atomic E-state index is 0.0336. The predicted molar refractivity (Wildman–Crippen MR) is 123 cm³/mol. The lowest BCUT2D eigenvalue weighted by atomic mass is 10.1. The minimum atomic E-state index is -0.307. The highest BCUT2D eigenvalue weighted by Crippen LogP contribution is 2.34. The van der Waals surface area contributed by atoms with Gasteiger partial charge < -0.3 is 19.3 Å². The molecule has 1 atom stereocenters. The van der Waals surface area contributed by atoms with Gasteiger partial charge in [-0.2, -0.15) is 0 Å². The maximum atomic E-state index is 13.1. The van der Waals surface area contributed by atoms with Gasteiger partial charge in [0.1, 0.15) is 0 Å². The molecule has 2 heterocycles. The van der Waals surface area contributed by atoms with E-state index in [4.69, 9.17) is 9.47 Å². The van der Waals surface area contributed by atoms with Crippen LogP contribution in [0, 0.1) is 12.8 Å². The first-order chi connectivity index (χ1) is 15.5. The van der Waals surface area contributed by atoms with Crippen molar-refractivity contribution < 1.29 is 19.1 Å². The number of carbonyl (C=O) groups excluding carboxylic acids is 2. The van der Waals surface area contributed by atoms with Crippen LogP contribution in [0.1, 0.15) is 17.5 Å². The molecule has 2 aromatic carbocycles. The maximum absolute atomic E-state index is 13.1. The highest BCUT2D eigenvalue weighted by atomic mass is 16.5. The molecule has 0 saturated carbocycles. The van der Waals surface area contributed by atoms with Gasteiger partial charge in [0.2, 0.25) is 11.8 Å². The first-order valence-corrected chi connectivity index (χ1v) is 11.1. The smallest absolute Gasteiger partial charge is 0.228 e. The molecule has 2 fully saturated rings. The first-order valence-electron chi connectivity index (χ1n) is 11.1. The highest BCUT2D eigenvalue weighted by Gasteiger charge is 2.38. The molecule has 0 spiro atoms. The predicted octanol–water partition coefficient (Wildman–Crippen LogP) is 2.71. The van der Waals surface area contributed by atoms with E-state index in [-0.39, 0.29) is 24.2 Å². The van der Waals surface area contributed by atoms with E-state index in [2.05, 4.69) is 36.1 Å². The Bertz CT molecular complexity index is 985. The summed E-state index contributed by atoms with van der Waals surface area (Å²) in [4.78, 5) is 31.8. The Labute approximate surface area is 189 Å². The summed E-state index contributed by atoms with van der Waals surface area (Å²) >= 11 is 0.